The van der Waals surface area contributed by atoms with E-state index in [2.05, 4.69) is 60.5 Å². The van der Waals surface area contributed by atoms with Gasteiger partial charge in [-0.2, -0.15) is 0 Å². The van der Waals surface area contributed by atoms with Crippen LogP contribution in [0.5, 0.6) is 0 Å². The first-order chi connectivity index (χ1) is 9.67. The van der Waals surface area contributed by atoms with Crippen molar-refractivity contribution in [3.63, 3.8) is 0 Å². The van der Waals surface area contributed by atoms with Crippen LogP contribution in [0, 0.1) is 0 Å². The van der Waals surface area contributed by atoms with Gasteiger partial charge in [-0.1, -0.05) is 35.9 Å². The molecular weight excluding hydrogens is 268 g/mol. The zero-order valence-electron chi connectivity index (χ0n) is 12.2. The van der Waals surface area contributed by atoms with Gasteiger partial charge in [-0.25, -0.2) is 0 Å². The van der Waals surface area contributed by atoms with Gasteiger partial charge in [0.2, 0.25) is 0 Å². The first-order valence-corrected chi connectivity index (χ1v) is 7.34. The Hall–Kier alpha value is -1.51. The van der Waals surface area contributed by atoms with Crippen molar-refractivity contribution in [3.05, 3.63) is 59.1 Å². The Morgan fingerprint density at radius 2 is 1.80 bits per heavy atom. The molecule has 1 unspecified atom stereocenters. The van der Waals surface area contributed by atoms with Gasteiger partial charge in [0.1, 0.15) is 0 Å². The molecule has 0 aliphatic rings. The summed E-state index contributed by atoms with van der Waals surface area (Å²) in [6.45, 7) is 5.15. The van der Waals surface area contributed by atoms with E-state index in [-0.39, 0.29) is 6.04 Å². The number of para-hydroxylation sites is 1. The van der Waals surface area contributed by atoms with E-state index in [1.54, 1.807) is 0 Å². The summed E-state index contributed by atoms with van der Waals surface area (Å²) in [5, 5.41) is 4.02. The van der Waals surface area contributed by atoms with Crippen LogP contribution in [-0.2, 0) is 0 Å². The second-order valence-corrected chi connectivity index (χ2v) is 5.20. The van der Waals surface area contributed by atoms with Crippen molar-refractivity contribution in [2.45, 2.75) is 19.9 Å². The number of nitrogens with one attached hydrogen (secondary N) is 1. The molecule has 1 atom stereocenters. The average Bonchev–Trinajstić information content (AvgIpc) is 2.48. The lowest BCUT2D eigenvalue weighted by molar-refractivity contribution is 0.652. The van der Waals surface area contributed by atoms with E-state index in [0.717, 1.165) is 22.8 Å². The van der Waals surface area contributed by atoms with Crippen LogP contribution in [0.15, 0.2) is 48.5 Å². The molecule has 0 saturated heterocycles. The van der Waals surface area contributed by atoms with Crippen LogP contribution in [0.4, 0.5) is 11.4 Å². The zero-order valence-corrected chi connectivity index (χ0v) is 13.0. The predicted molar refractivity (Wildman–Crippen MR) is 88.0 cm³/mol. The van der Waals surface area contributed by atoms with Crippen LogP contribution >= 0.6 is 11.6 Å². The summed E-state index contributed by atoms with van der Waals surface area (Å²) in [6.07, 6.45) is 0. The maximum atomic E-state index is 6.42. The molecule has 0 fully saturated rings. The van der Waals surface area contributed by atoms with Crippen LogP contribution < -0.4 is 10.2 Å². The molecule has 3 heteroatoms. The van der Waals surface area contributed by atoms with Crippen molar-refractivity contribution in [1.29, 1.82) is 0 Å². The molecule has 2 rings (SSSR count). The molecule has 2 aromatic carbocycles. The highest BCUT2D eigenvalue weighted by Crippen LogP contribution is 2.31. The maximum Gasteiger partial charge on any atom is 0.0474 e. The van der Waals surface area contributed by atoms with E-state index in [9.17, 15) is 0 Å². The fourth-order valence-electron chi connectivity index (χ4n) is 2.31. The van der Waals surface area contributed by atoms with Crippen LogP contribution in [0.3, 0.4) is 0 Å². The van der Waals surface area contributed by atoms with Gasteiger partial charge in [0, 0.05) is 29.0 Å². The zero-order chi connectivity index (χ0) is 14.5. The summed E-state index contributed by atoms with van der Waals surface area (Å²) in [4.78, 5) is 2.25. The van der Waals surface area contributed by atoms with Gasteiger partial charge in [0.15, 0.2) is 0 Å². The normalized spacial score (nSPS) is 12.2. The molecule has 20 heavy (non-hydrogen) atoms. The SMILES string of the molecule is CCN(c1ccccc1)c1ccc(C(C)NC)c(Cl)c1. The van der Waals surface area contributed by atoms with Crippen LogP contribution in [0.1, 0.15) is 25.5 Å². The van der Waals surface area contributed by atoms with Crippen molar-refractivity contribution in [2.75, 3.05) is 18.5 Å². The van der Waals surface area contributed by atoms with Crippen molar-refractivity contribution in [2.24, 2.45) is 0 Å². The van der Waals surface area contributed by atoms with E-state index in [1.807, 2.05) is 19.2 Å². The van der Waals surface area contributed by atoms with Crippen LogP contribution in [0.2, 0.25) is 5.02 Å². The van der Waals surface area contributed by atoms with E-state index in [4.69, 9.17) is 11.6 Å². The number of anilines is 2. The van der Waals surface area contributed by atoms with Gasteiger partial charge in [-0.05, 0) is 50.7 Å². The van der Waals surface area contributed by atoms with Crippen molar-refractivity contribution < 1.29 is 0 Å². The average molecular weight is 289 g/mol. The Labute approximate surface area is 126 Å². The number of benzene rings is 2. The highest BCUT2D eigenvalue weighted by Gasteiger charge is 2.12. The number of hydrogen-bond donors (Lipinski definition) is 1. The molecular formula is C17H21ClN2. The molecule has 0 heterocycles. The molecule has 0 amide bonds. The van der Waals surface area contributed by atoms with Crippen molar-refractivity contribution in [3.8, 4) is 0 Å². The minimum absolute atomic E-state index is 0.253. The lowest BCUT2D eigenvalue weighted by Gasteiger charge is -2.24. The number of nitrogens with zero attached hydrogens (tertiary/aromatic N) is 1. The Kier molecular flexibility index (Phi) is 5.05. The highest BCUT2D eigenvalue weighted by atomic mass is 35.5. The third kappa shape index (κ3) is 3.14. The quantitative estimate of drug-likeness (QED) is 0.852. The molecule has 2 nitrogen and oxygen atoms in total. The molecule has 0 aliphatic carbocycles. The molecule has 0 saturated carbocycles. The standard InChI is InChI=1S/C17H21ClN2/c1-4-20(14-8-6-5-7-9-14)15-10-11-16(13(2)19-3)17(18)12-15/h5-13,19H,4H2,1-3H3. The van der Waals surface area contributed by atoms with E-state index in [1.165, 1.54) is 5.69 Å². The fourth-order valence-corrected chi connectivity index (χ4v) is 2.65. The van der Waals surface area contributed by atoms with Crippen molar-refractivity contribution >= 4 is 23.0 Å². The third-order valence-corrected chi connectivity index (χ3v) is 3.91. The summed E-state index contributed by atoms with van der Waals surface area (Å²) < 4.78 is 0. The van der Waals surface area contributed by atoms with Gasteiger partial charge in [0.25, 0.3) is 0 Å². The second kappa shape index (κ2) is 6.78. The molecule has 106 valence electrons. The summed E-state index contributed by atoms with van der Waals surface area (Å²) >= 11 is 6.42. The molecule has 0 spiro atoms. The highest BCUT2D eigenvalue weighted by molar-refractivity contribution is 6.31. The minimum atomic E-state index is 0.253. The third-order valence-electron chi connectivity index (χ3n) is 3.58. The first-order valence-electron chi connectivity index (χ1n) is 6.96. The van der Waals surface area contributed by atoms with Crippen molar-refractivity contribution in [1.82, 2.24) is 5.32 Å². The molecule has 0 aromatic heterocycles. The Morgan fingerprint density at radius 3 is 2.35 bits per heavy atom. The minimum Gasteiger partial charge on any atom is -0.342 e. The van der Waals surface area contributed by atoms with E-state index >= 15 is 0 Å². The van der Waals surface area contributed by atoms with Gasteiger partial charge in [-0.3, -0.25) is 0 Å². The lowest BCUT2D eigenvalue weighted by atomic mass is 10.1. The van der Waals surface area contributed by atoms with Gasteiger partial charge < -0.3 is 10.2 Å². The van der Waals surface area contributed by atoms with E-state index < -0.39 is 0 Å². The topological polar surface area (TPSA) is 15.3 Å². The van der Waals surface area contributed by atoms with Gasteiger partial charge in [-0.15, -0.1) is 0 Å². The Morgan fingerprint density at radius 1 is 1.10 bits per heavy atom. The fraction of sp³-hybridized carbons (Fsp3) is 0.294. The number of hydrogen-bond acceptors (Lipinski definition) is 2. The van der Waals surface area contributed by atoms with Crippen LogP contribution in [0.25, 0.3) is 0 Å². The molecule has 1 N–H and O–H groups in total. The molecule has 0 bridgehead atoms. The Bertz CT molecular complexity index is 554. The summed E-state index contributed by atoms with van der Waals surface area (Å²) in [5.74, 6) is 0. The number of rotatable bonds is 5. The number of halogens is 1. The summed E-state index contributed by atoms with van der Waals surface area (Å²) in [7, 11) is 1.94. The molecule has 0 radical (unpaired) electrons. The van der Waals surface area contributed by atoms with E-state index in [0.29, 0.717) is 0 Å². The van der Waals surface area contributed by atoms with Gasteiger partial charge >= 0.3 is 0 Å². The second-order valence-electron chi connectivity index (χ2n) is 4.80. The maximum absolute atomic E-state index is 6.42. The molecule has 2 aromatic rings. The summed E-state index contributed by atoms with van der Waals surface area (Å²) in [6, 6.07) is 16.9. The largest absolute Gasteiger partial charge is 0.342 e. The monoisotopic (exact) mass is 288 g/mol. The molecule has 0 aliphatic heterocycles. The first kappa shape index (κ1) is 14.9. The smallest absolute Gasteiger partial charge is 0.0474 e. The lowest BCUT2D eigenvalue weighted by Crippen LogP contribution is -2.17. The Balaban J connectivity index is 2.35. The summed E-state index contributed by atoms with van der Waals surface area (Å²) in [5.41, 5.74) is 3.43. The predicted octanol–water partition coefficient (Wildman–Crippen LogP) is 4.78. The van der Waals surface area contributed by atoms with Crippen LogP contribution in [-0.4, -0.2) is 13.6 Å². The van der Waals surface area contributed by atoms with Gasteiger partial charge in [0.05, 0.1) is 0 Å².